The average Bonchev–Trinajstić information content (AvgIpc) is 3.29. The minimum Gasteiger partial charge on any atom is -0.458 e. The Hall–Kier alpha value is -3.33. The number of hydrogen-bond acceptors (Lipinski definition) is 5. The van der Waals surface area contributed by atoms with E-state index in [9.17, 15) is 4.79 Å². The van der Waals surface area contributed by atoms with Crippen LogP contribution in [-0.2, 0) is 13.0 Å². The summed E-state index contributed by atoms with van der Waals surface area (Å²) in [5.41, 5.74) is 13.8. The van der Waals surface area contributed by atoms with Crippen LogP contribution in [0.1, 0.15) is 18.2 Å². The summed E-state index contributed by atoms with van der Waals surface area (Å²) in [6.07, 6.45) is 0.892. The Morgan fingerprint density at radius 1 is 1.26 bits per heavy atom. The molecule has 1 aromatic carbocycles. The molecule has 0 atom stereocenters. The third kappa shape index (κ3) is 4.85. The Bertz CT molecular complexity index is 962. The molecule has 8 nitrogen and oxygen atoms in total. The first kappa shape index (κ1) is 18.5. The minimum absolute atomic E-state index is 0.220. The zero-order chi connectivity index (χ0) is 19.2. The van der Waals surface area contributed by atoms with E-state index in [2.05, 4.69) is 27.5 Å². The minimum atomic E-state index is -0.606. The van der Waals surface area contributed by atoms with E-state index in [1.54, 1.807) is 12.1 Å². The second-order valence-electron chi connectivity index (χ2n) is 5.63. The number of thiazole rings is 1. The van der Waals surface area contributed by atoms with Gasteiger partial charge in [-0.1, -0.05) is 25.1 Å². The molecule has 0 spiro atoms. The Morgan fingerprint density at radius 2 is 2.07 bits per heavy atom. The van der Waals surface area contributed by atoms with Gasteiger partial charge in [-0.2, -0.15) is 4.99 Å². The van der Waals surface area contributed by atoms with Gasteiger partial charge in [0.2, 0.25) is 11.1 Å². The van der Waals surface area contributed by atoms with Crippen molar-refractivity contribution in [3.63, 3.8) is 0 Å². The van der Waals surface area contributed by atoms with E-state index < -0.39 is 6.03 Å². The largest absolute Gasteiger partial charge is 0.458 e. The number of aromatic nitrogens is 1. The van der Waals surface area contributed by atoms with Gasteiger partial charge >= 0.3 is 6.03 Å². The van der Waals surface area contributed by atoms with Crippen LogP contribution in [0.25, 0.3) is 11.5 Å². The summed E-state index contributed by atoms with van der Waals surface area (Å²) >= 11 is 1.35. The quantitative estimate of drug-likeness (QED) is 0.383. The van der Waals surface area contributed by atoms with E-state index in [1.165, 1.54) is 11.3 Å². The van der Waals surface area contributed by atoms with E-state index in [4.69, 9.17) is 15.9 Å². The van der Waals surface area contributed by atoms with Crippen molar-refractivity contribution in [1.29, 1.82) is 0 Å². The third-order valence-electron chi connectivity index (χ3n) is 3.72. The monoisotopic (exact) mass is 384 g/mol. The number of anilines is 1. The fourth-order valence-corrected chi connectivity index (χ4v) is 3.12. The number of amides is 2. The highest BCUT2D eigenvalue weighted by Crippen LogP contribution is 2.28. The number of hydrogen-bond donors (Lipinski definition) is 4. The topological polar surface area (TPSA) is 132 Å². The Balaban J connectivity index is 1.70. The molecule has 0 aliphatic carbocycles. The highest BCUT2D eigenvalue weighted by molar-refractivity contribution is 7.13. The van der Waals surface area contributed by atoms with Gasteiger partial charge in [0.15, 0.2) is 5.76 Å². The molecule has 0 aliphatic heterocycles. The maximum absolute atomic E-state index is 10.8. The van der Waals surface area contributed by atoms with Gasteiger partial charge in [0.1, 0.15) is 11.5 Å². The normalized spacial score (nSPS) is 11.4. The lowest BCUT2D eigenvalue weighted by Crippen LogP contribution is -2.28. The molecule has 140 valence electrons. The van der Waals surface area contributed by atoms with Crippen molar-refractivity contribution in [3.05, 3.63) is 53.1 Å². The Morgan fingerprint density at radius 3 is 2.85 bits per heavy atom. The van der Waals surface area contributed by atoms with Crippen molar-refractivity contribution < 1.29 is 9.21 Å². The fraction of sp³-hybridized carbons (Fsp3) is 0.167. The van der Waals surface area contributed by atoms with Crippen molar-refractivity contribution in [2.45, 2.75) is 19.9 Å². The third-order valence-corrected chi connectivity index (χ3v) is 4.45. The number of aliphatic imine (C=N–C) groups is 1. The SMILES string of the molecule is CCc1ccccc1NC(N)=Nc1nc(-c2ccc(CNC(N)=O)o2)cs1. The molecule has 0 saturated heterocycles. The van der Waals surface area contributed by atoms with Gasteiger partial charge in [-0.15, -0.1) is 11.3 Å². The van der Waals surface area contributed by atoms with E-state index in [-0.39, 0.29) is 12.5 Å². The molecule has 0 radical (unpaired) electrons. The molecule has 0 bridgehead atoms. The van der Waals surface area contributed by atoms with E-state index >= 15 is 0 Å². The smallest absolute Gasteiger partial charge is 0.312 e. The van der Waals surface area contributed by atoms with Crippen LogP contribution in [0.15, 0.2) is 51.2 Å². The molecule has 27 heavy (non-hydrogen) atoms. The number of primary amides is 1. The molecule has 2 heterocycles. The van der Waals surface area contributed by atoms with Gasteiger partial charge in [0.05, 0.1) is 6.54 Å². The number of rotatable bonds is 6. The lowest BCUT2D eigenvalue weighted by molar-refractivity contribution is 0.247. The van der Waals surface area contributed by atoms with Crippen LogP contribution in [0.5, 0.6) is 0 Å². The van der Waals surface area contributed by atoms with Gasteiger partial charge in [-0.05, 0) is 30.2 Å². The molecular formula is C18H20N6O2S. The standard InChI is InChI=1S/C18H20N6O2S/c1-2-11-5-3-4-6-13(11)22-16(19)24-18-23-14(10-27-18)15-8-7-12(26-15)9-21-17(20)25/h3-8,10H,2,9H2,1H3,(H3,20,21,25)(H3,19,22,23,24). The van der Waals surface area contributed by atoms with Crippen LogP contribution in [0.2, 0.25) is 0 Å². The summed E-state index contributed by atoms with van der Waals surface area (Å²) in [5, 5.41) is 7.92. The number of nitrogens with one attached hydrogen (secondary N) is 2. The number of benzene rings is 1. The predicted molar refractivity (Wildman–Crippen MR) is 107 cm³/mol. The lowest BCUT2D eigenvalue weighted by Gasteiger charge is -2.09. The average molecular weight is 384 g/mol. The summed E-state index contributed by atoms with van der Waals surface area (Å²) < 4.78 is 5.64. The Kier molecular flexibility index (Phi) is 5.72. The van der Waals surface area contributed by atoms with Crippen LogP contribution in [-0.4, -0.2) is 17.0 Å². The van der Waals surface area contributed by atoms with Crippen LogP contribution in [0, 0.1) is 0 Å². The fourth-order valence-electron chi connectivity index (χ4n) is 2.43. The molecule has 0 saturated carbocycles. The molecule has 6 N–H and O–H groups in total. The number of guanidine groups is 1. The number of carbonyl (C=O) groups excluding carboxylic acids is 1. The van der Waals surface area contributed by atoms with E-state index in [0.29, 0.717) is 22.3 Å². The van der Waals surface area contributed by atoms with Gasteiger partial charge in [-0.25, -0.2) is 9.78 Å². The number of para-hydroxylation sites is 1. The zero-order valence-corrected chi connectivity index (χ0v) is 15.5. The predicted octanol–water partition coefficient (Wildman–Crippen LogP) is 3.19. The second-order valence-corrected chi connectivity index (χ2v) is 6.47. The number of aryl methyl sites for hydroxylation is 1. The zero-order valence-electron chi connectivity index (χ0n) is 14.7. The molecule has 3 aromatic rings. The van der Waals surface area contributed by atoms with Crippen LogP contribution < -0.4 is 22.1 Å². The maximum Gasteiger partial charge on any atom is 0.312 e. The first-order valence-electron chi connectivity index (χ1n) is 8.32. The highest BCUT2D eigenvalue weighted by atomic mass is 32.1. The van der Waals surface area contributed by atoms with Crippen molar-refractivity contribution in [2.75, 3.05) is 5.32 Å². The number of nitrogens with two attached hydrogens (primary N) is 2. The van der Waals surface area contributed by atoms with Gasteiger partial charge in [-0.3, -0.25) is 0 Å². The van der Waals surface area contributed by atoms with Crippen LogP contribution in [0.3, 0.4) is 0 Å². The number of urea groups is 1. The van der Waals surface area contributed by atoms with E-state index in [1.807, 2.05) is 29.6 Å². The van der Waals surface area contributed by atoms with Crippen molar-refractivity contribution in [2.24, 2.45) is 16.5 Å². The lowest BCUT2D eigenvalue weighted by atomic mass is 10.1. The summed E-state index contributed by atoms with van der Waals surface area (Å²) in [4.78, 5) is 19.5. The summed E-state index contributed by atoms with van der Waals surface area (Å²) in [7, 11) is 0. The van der Waals surface area contributed by atoms with Crippen molar-refractivity contribution >= 4 is 34.1 Å². The van der Waals surface area contributed by atoms with Crippen molar-refractivity contribution in [3.8, 4) is 11.5 Å². The van der Waals surface area contributed by atoms with Crippen LogP contribution >= 0.6 is 11.3 Å². The highest BCUT2D eigenvalue weighted by Gasteiger charge is 2.10. The molecule has 0 unspecified atom stereocenters. The Labute approximate surface area is 160 Å². The molecule has 9 heteroatoms. The first-order chi connectivity index (χ1) is 13.0. The summed E-state index contributed by atoms with van der Waals surface area (Å²) in [5.74, 6) is 1.43. The number of carbonyl (C=O) groups is 1. The summed E-state index contributed by atoms with van der Waals surface area (Å²) in [6, 6.07) is 10.9. The maximum atomic E-state index is 10.8. The van der Waals surface area contributed by atoms with Gasteiger partial charge < -0.3 is 26.5 Å². The summed E-state index contributed by atoms with van der Waals surface area (Å²) in [6.45, 7) is 2.30. The number of furan rings is 1. The number of nitrogens with zero attached hydrogens (tertiary/aromatic N) is 2. The molecule has 2 amide bonds. The van der Waals surface area contributed by atoms with Crippen LogP contribution in [0.4, 0.5) is 15.6 Å². The molecule has 2 aromatic heterocycles. The van der Waals surface area contributed by atoms with E-state index in [0.717, 1.165) is 17.7 Å². The molecule has 3 rings (SSSR count). The van der Waals surface area contributed by atoms with Gasteiger partial charge in [0.25, 0.3) is 0 Å². The molecule has 0 aliphatic rings. The van der Waals surface area contributed by atoms with Crippen molar-refractivity contribution in [1.82, 2.24) is 10.3 Å². The molecule has 0 fully saturated rings. The molecular weight excluding hydrogens is 364 g/mol. The first-order valence-corrected chi connectivity index (χ1v) is 9.20. The second kappa shape index (κ2) is 8.37. The van der Waals surface area contributed by atoms with Gasteiger partial charge in [0, 0.05) is 11.1 Å².